The number of nitrogens with one attached hydrogen (secondary N) is 2. The van der Waals surface area contributed by atoms with E-state index in [4.69, 9.17) is 10.2 Å². The Hall–Kier alpha value is -1.74. The summed E-state index contributed by atoms with van der Waals surface area (Å²) < 4.78 is 3.85. The Labute approximate surface area is 101 Å². The molecule has 8 nitrogen and oxygen atoms in total. The molecule has 0 saturated heterocycles. The summed E-state index contributed by atoms with van der Waals surface area (Å²) in [5, 5.41) is 22.2. The van der Waals surface area contributed by atoms with Gasteiger partial charge in [-0.25, -0.2) is 14.6 Å². The smallest absolute Gasteiger partial charge is 0.326 e. The molecule has 1 aromatic rings. The number of aryl methyl sites for hydroxylation is 1. The highest BCUT2D eigenvalue weighted by molar-refractivity contribution is 7.09. The number of rotatable bonds is 5. The van der Waals surface area contributed by atoms with E-state index in [1.165, 1.54) is 0 Å². The quantitative estimate of drug-likeness (QED) is 0.581. The Morgan fingerprint density at radius 2 is 2.24 bits per heavy atom. The largest absolute Gasteiger partial charge is 0.480 e. The van der Waals surface area contributed by atoms with Crippen LogP contribution >= 0.6 is 11.5 Å². The van der Waals surface area contributed by atoms with Gasteiger partial charge in [0.25, 0.3) is 0 Å². The van der Waals surface area contributed by atoms with Crippen molar-refractivity contribution in [1.82, 2.24) is 14.7 Å². The van der Waals surface area contributed by atoms with Crippen LogP contribution in [0.25, 0.3) is 0 Å². The SMILES string of the molecule is Cc1nsc(NC(=O)N[C@H](CCO)C(=O)O)n1. The number of urea groups is 1. The van der Waals surface area contributed by atoms with Crippen LogP contribution in [-0.4, -0.2) is 44.2 Å². The van der Waals surface area contributed by atoms with Crippen molar-refractivity contribution in [3.05, 3.63) is 5.82 Å². The third-order valence-electron chi connectivity index (χ3n) is 1.77. The Balaban J connectivity index is 2.50. The van der Waals surface area contributed by atoms with E-state index < -0.39 is 18.0 Å². The molecule has 1 heterocycles. The number of carboxylic acids is 1. The van der Waals surface area contributed by atoms with E-state index >= 15 is 0 Å². The van der Waals surface area contributed by atoms with Crippen molar-refractivity contribution < 1.29 is 19.8 Å². The fraction of sp³-hybridized carbons (Fsp3) is 0.500. The number of carbonyl (C=O) groups excluding carboxylic acids is 1. The fourth-order valence-corrected chi connectivity index (χ4v) is 1.60. The first-order valence-electron chi connectivity index (χ1n) is 4.74. The minimum atomic E-state index is -1.21. The van der Waals surface area contributed by atoms with Gasteiger partial charge in [-0.2, -0.15) is 4.37 Å². The highest BCUT2D eigenvalue weighted by Crippen LogP contribution is 2.09. The van der Waals surface area contributed by atoms with Gasteiger partial charge >= 0.3 is 12.0 Å². The Kier molecular flexibility index (Phi) is 4.79. The number of aliphatic hydroxyl groups is 1. The van der Waals surface area contributed by atoms with Crippen molar-refractivity contribution in [2.75, 3.05) is 11.9 Å². The summed E-state index contributed by atoms with van der Waals surface area (Å²) >= 11 is 0.997. The molecule has 0 aromatic carbocycles. The summed E-state index contributed by atoms with van der Waals surface area (Å²) in [4.78, 5) is 26.0. The molecule has 0 fully saturated rings. The number of aromatic nitrogens is 2. The maximum absolute atomic E-state index is 11.4. The van der Waals surface area contributed by atoms with Crippen molar-refractivity contribution in [3.8, 4) is 0 Å². The number of amides is 2. The average molecular weight is 260 g/mol. The van der Waals surface area contributed by atoms with E-state index in [-0.39, 0.29) is 18.2 Å². The molecule has 0 aliphatic carbocycles. The Morgan fingerprint density at radius 1 is 1.53 bits per heavy atom. The number of hydrogen-bond acceptors (Lipinski definition) is 6. The van der Waals surface area contributed by atoms with Crippen LogP contribution in [0.5, 0.6) is 0 Å². The summed E-state index contributed by atoms with van der Waals surface area (Å²) in [6, 6.07) is -1.82. The van der Waals surface area contributed by atoms with Gasteiger partial charge in [-0.05, 0) is 6.92 Å². The van der Waals surface area contributed by atoms with Gasteiger partial charge in [0.05, 0.1) is 0 Å². The lowest BCUT2D eigenvalue weighted by Crippen LogP contribution is -2.43. The zero-order valence-corrected chi connectivity index (χ0v) is 9.82. The molecule has 0 unspecified atom stereocenters. The molecule has 1 atom stereocenters. The van der Waals surface area contributed by atoms with Crippen molar-refractivity contribution >= 4 is 28.7 Å². The maximum atomic E-state index is 11.4. The van der Waals surface area contributed by atoms with Crippen molar-refractivity contribution in [2.45, 2.75) is 19.4 Å². The molecule has 4 N–H and O–H groups in total. The van der Waals surface area contributed by atoms with Gasteiger partial charge in [0.15, 0.2) is 0 Å². The van der Waals surface area contributed by atoms with Gasteiger partial charge in [-0.3, -0.25) is 5.32 Å². The summed E-state index contributed by atoms with van der Waals surface area (Å²) in [5.74, 6) is -0.682. The first-order chi connectivity index (χ1) is 8.02. The van der Waals surface area contributed by atoms with E-state index in [9.17, 15) is 9.59 Å². The molecule has 0 radical (unpaired) electrons. The highest BCUT2D eigenvalue weighted by Gasteiger charge is 2.19. The van der Waals surface area contributed by atoms with Crippen LogP contribution in [0.1, 0.15) is 12.2 Å². The fourth-order valence-electron chi connectivity index (χ4n) is 1.03. The lowest BCUT2D eigenvalue weighted by Gasteiger charge is -2.12. The Morgan fingerprint density at radius 3 is 2.71 bits per heavy atom. The predicted molar refractivity (Wildman–Crippen MR) is 59.9 cm³/mol. The van der Waals surface area contributed by atoms with Crippen molar-refractivity contribution in [1.29, 1.82) is 0 Å². The van der Waals surface area contributed by atoms with Crippen LogP contribution in [0.15, 0.2) is 0 Å². The summed E-state index contributed by atoms with van der Waals surface area (Å²) in [6.45, 7) is 1.35. The molecule has 0 aliphatic rings. The zero-order valence-electron chi connectivity index (χ0n) is 9.01. The highest BCUT2D eigenvalue weighted by atomic mass is 32.1. The van der Waals surface area contributed by atoms with Gasteiger partial charge in [0.2, 0.25) is 5.13 Å². The predicted octanol–water partition coefficient (Wildman–Crippen LogP) is -0.196. The van der Waals surface area contributed by atoms with Crippen LogP contribution in [0.2, 0.25) is 0 Å². The van der Waals surface area contributed by atoms with Crippen LogP contribution in [0, 0.1) is 6.92 Å². The molecule has 1 rings (SSSR count). The minimum Gasteiger partial charge on any atom is -0.480 e. The number of aliphatic carboxylic acids is 1. The summed E-state index contributed by atoms with van der Waals surface area (Å²) in [6.07, 6.45) is -0.0576. The van der Waals surface area contributed by atoms with Gasteiger partial charge in [-0.1, -0.05) is 0 Å². The van der Waals surface area contributed by atoms with E-state index in [0.29, 0.717) is 5.82 Å². The molecular formula is C8H12N4O4S. The molecule has 9 heteroatoms. The lowest BCUT2D eigenvalue weighted by atomic mass is 10.2. The zero-order chi connectivity index (χ0) is 12.8. The second kappa shape index (κ2) is 6.11. The van der Waals surface area contributed by atoms with Crippen molar-refractivity contribution in [2.24, 2.45) is 0 Å². The van der Waals surface area contributed by atoms with E-state index in [0.717, 1.165) is 11.5 Å². The monoisotopic (exact) mass is 260 g/mol. The van der Waals surface area contributed by atoms with Crippen LogP contribution in [0.4, 0.5) is 9.93 Å². The molecule has 0 aliphatic heterocycles. The third-order valence-corrected chi connectivity index (χ3v) is 2.49. The van der Waals surface area contributed by atoms with Gasteiger partial charge < -0.3 is 15.5 Å². The van der Waals surface area contributed by atoms with E-state index in [1.807, 2.05) is 0 Å². The average Bonchev–Trinajstić information content (AvgIpc) is 2.63. The number of carboxylic acid groups (broad SMARTS) is 1. The van der Waals surface area contributed by atoms with Gasteiger partial charge in [-0.15, -0.1) is 0 Å². The molecule has 94 valence electrons. The number of anilines is 1. The number of carbonyl (C=O) groups is 2. The van der Waals surface area contributed by atoms with Gasteiger partial charge in [0, 0.05) is 24.6 Å². The molecule has 2 amide bonds. The van der Waals surface area contributed by atoms with Gasteiger partial charge in [0.1, 0.15) is 11.9 Å². The maximum Gasteiger partial charge on any atom is 0.326 e. The first-order valence-corrected chi connectivity index (χ1v) is 5.51. The standard InChI is InChI=1S/C8H12N4O4S/c1-4-9-8(17-12-4)11-7(16)10-5(2-3-13)6(14)15/h5,13H,2-3H2,1H3,(H,14,15)(H2,9,10,11,12,16)/t5-/m1/s1. The molecule has 0 bridgehead atoms. The summed E-state index contributed by atoms with van der Waals surface area (Å²) in [7, 11) is 0. The van der Waals surface area contributed by atoms with E-state index in [2.05, 4.69) is 20.0 Å². The number of nitrogens with zero attached hydrogens (tertiary/aromatic N) is 2. The molecular weight excluding hydrogens is 248 g/mol. The Bertz CT molecular complexity index is 408. The summed E-state index contributed by atoms with van der Waals surface area (Å²) in [5.41, 5.74) is 0. The molecule has 0 spiro atoms. The van der Waals surface area contributed by atoms with Crippen LogP contribution in [-0.2, 0) is 4.79 Å². The normalized spacial score (nSPS) is 11.9. The van der Waals surface area contributed by atoms with Crippen molar-refractivity contribution in [3.63, 3.8) is 0 Å². The van der Waals surface area contributed by atoms with E-state index in [1.54, 1.807) is 6.92 Å². The molecule has 0 saturated carbocycles. The minimum absolute atomic E-state index is 0.0576. The molecule has 1 aromatic heterocycles. The first kappa shape index (κ1) is 13.3. The lowest BCUT2D eigenvalue weighted by molar-refractivity contribution is -0.139. The topological polar surface area (TPSA) is 124 Å². The number of aliphatic hydroxyl groups excluding tert-OH is 1. The second-order valence-electron chi connectivity index (χ2n) is 3.15. The van der Waals surface area contributed by atoms with Crippen LogP contribution < -0.4 is 10.6 Å². The number of hydrogen-bond donors (Lipinski definition) is 4. The third kappa shape index (κ3) is 4.33. The second-order valence-corrected chi connectivity index (χ2v) is 3.90. The van der Waals surface area contributed by atoms with Crippen LogP contribution in [0.3, 0.4) is 0 Å². The molecule has 17 heavy (non-hydrogen) atoms.